The summed E-state index contributed by atoms with van der Waals surface area (Å²) < 4.78 is 2.70. The second-order valence-electron chi connectivity index (χ2n) is 12.0. The number of hydrogen-bond donors (Lipinski definition) is 0. The summed E-state index contributed by atoms with van der Waals surface area (Å²) in [7, 11) is -1.75. The maximum atomic E-state index is 3.86. The van der Waals surface area contributed by atoms with Gasteiger partial charge in [-0.1, -0.05) is 79.4 Å². The number of rotatable bonds is 1. The summed E-state index contributed by atoms with van der Waals surface area (Å²) >= 11 is 3.94. The zero-order valence-electron chi connectivity index (χ0n) is 23.8. The van der Waals surface area contributed by atoms with E-state index in [9.17, 15) is 0 Å². The van der Waals surface area contributed by atoms with Gasteiger partial charge in [0, 0.05) is 58.1 Å². The SMILES string of the molecule is CCS(C)(C)C#Cc1c2c(c(C#CS3(C)CC3)c3c1ccc1c4ccccc4sc13)C=CC1c3ccccc3SC21. The largest absolute Gasteiger partial charge is 0.183 e. The van der Waals surface area contributed by atoms with Crippen LogP contribution in [0.25, 0.3) is 37.0 Å². The van der Waals surface area contributed by atoms with Gasteiger partial charge in [0.1, 0.15) is 0 Å². The van der Waals surface area contributed by atoms with Gasteiger partial charge >= 0.3 is 0 Å². The smallest absolute Gasteiger partial charge is 0.0467 e. The van der Waals surface area contributed by atoms with Crippen molar-refractivity contribution in [3.05, 3.63) is 94.6 Å². The number of hydrogen-bond acceptors (Lipinski definition) is 2. The summed E-state index contributed by atoms with van der Waals surface area (Å²) in [6, 6.07) is 22.5. The Labute approximate surface area is 254 Å². The van der Waals surface area contributed by atoms with Crippen molar-refractivity contribution in [1.82, 2.24) is 0 Å². The molecule has 41 heavy (non-hydrogen) atoms. The van der Waals surface area contributed by atoms with E-state index in [2.05, 4.69) is 121 Å². The normalized spacial score (nSPS) is 20.9. The molecule has 0 N–H and O–H groups in total. The van der Waals surface area contributed by atoms with Crippen LogP contribution < -0.4 is 0 Å². The van der Waals surface area contributed by atoms with Crippen molar-refractivity contribution in [3.8, 4) is 22.3 Å². The average Bonchev–Trinajstić information content (AvgIpc) is 3.43. The number of allylic oxidation sites excluding steroid dienone is 1. The minimum Gasteiger partial charge on any atom is -0.183 e. The fourth-order valence-corrected chi connectivity index (χ4v) is 10.9. The summed E-state index contributed by atoms with van der Waals surface area (Å²) in [4.78, 5) is 1.40. The summed E-state index contributed by atoms with van der Waals surface area (Å²) in [5, 5.41) is 13.2. The van der Waals surface area contributed by atoms with Gasteiger partial charge in [-0.25, -0.2) is 0 Å². The first-order valence-electron chi connectivity index (χ1n) is 14.2. The quantitative estimate of drug-likeness (QED) is 0.135. The molecule has 0 amide bonds. The molecule has 0 spiro atoms. The van der Waals surface area contributed by atoms with E-state index in [-0.39, 0.29) is 0 Å². The second kappa shape index (κ2) is 9.39. The molecule has 5 aromatic rings. The third-order valence-electron chi connectivity index (χ3n) is 8.92. The Morgan fingerprint density at radius 2 is 1.68 bits per heavy atom. The number of thiophene rings is 1. The topological polar surface area (TPSA) is 0 Å². The van der Waals surface area contributed by atoms with E-state index in [0.29, 0.717) is 11.2 Å². The van der Waals surface area contributed by atoms with Gasteiger partial charge in [0.2, 0.25) is 0 Å². The Balaban J connectivity index is 1.52. The molecule has 3 heterocycles. The number of thioether (sulfide) groups is 1. The molecule has 0 saturated carbocycles. The van der Waals surface area contributed by atoms with Gasteiger partial charge in [-0.2, -0.15) is 20.1 Å². The van der Waals surface area contributed by atoms with Crippen LogP contribution in [0, 0.1) is 22.3 Å². The minimum absolute atomic E-state index is 0.323. The van der Waals surface area contributed by atoms with E-state index >= 15 is 0 Å². The van der Waals surface area contributed by atoms with Crippen molar-refractivity contribution in [2.45, 2.75) is 23.0 Å². The molecule has 8 rings (SSSR count). The maximum Gasteiger partial charge on any atom is 0.0467 e. The van der Waals surface area contributed by atoms with E-state index in [1.807, 2.05) is 23.1 Å². The summed E-state index contributed by atoms with van der Waals surface area (Å²) in [6.07, 6.45) is 12.0. The molecule has 0 radical (unpaired) electrons. The van der Waals surface area contributed by atoms with E-state index in [1.165, 1.54) is 75.2 Å². The van der Waals surface area contributed by atoms with Gasteiger partial charge in [-0.3, -0.25) is 0 Å². The number of fused-ring (bicyclic) bond motifs is 10. The lowest BCUT2D eigenvalue weighted by Gasteiger charge is -2.28. The molecule has 2 unspecified atom stereocenters. The molecule has 2 aliphatic heterocycles. The Morgan fingerprint density at radius 1 is 0.902 bits per heavy atom. The van der Waals surface area contributed by atoms with Gasteiger partial charge in [0.15, 0.2) is 0 Å². The first-order chi connectivity index (χ1) is 19.9. The summed E-state index contributed by atoms with van der Waals surface area (Å²) in [6.45, 7) is 2.28. The molecule has 2 atom stereocenters. The minimum atomic E-state index is -0.991. The van der Waals surface area contributed by atoms with Gasteiger partial charge in [-0.15, -0.1) is 23.1 Å². The Kier molecular flexibility index (Phi) is 5.94. The molecule has 3 aliphatic rings. The van der Waals surface area contributed by atoms with Crippen molar-refractivity contribution in [2.24, 2.45) is 0 Å². The fourth-order valence-electron chi connectivity index (χ4n) is 6.07. The van der Waals surface area contributed by atoms with Crippen LogP contribution >= 0.6 is 43.2 Å². The molecule has 1 aliphatic carbocycles. The summed E-state index contributed by atoms with van der Waals surface area (Å²) in [5.74, 6) is 11.8. The predicted molar refractivity (Wildman–Crippen MR) is 191 cm³/mol. The van der Waals surface area contributed by atoms with Crippen LogP contribution in [0.1, 0.15) is 45.9 Å². The zero-order chi connectivity index (χ0) is 27.9. The van der Waals surface area contributed by atoms with Gasteiger partial charge in [-0.05, 0) is 75.4 Å². The Bertz CT molecular complexity index is 2080. The van der Waals surface area contributed by atoms with Crippen LogP contribution in [0.3, 0.4) is 0 Å². The van der Waals surface area contributed by atoms with E-state index in [0.717, 1.165) is 5.75 Å². The maximum absolute atomic E-state index is 3.86. The highest BCUT2D eigenvalue weighted by molar-refractivity contribution is 8.42. The molecular weight excluding hydrogens is 573 g/mol. The van der Waals surface area contributed by atoms with E-state index in [4.69, 9.17) is 0 Å². The van der Waals surface area contributed by atoms with Crippen LogP contribution in [-0.2, 0) is 0 Å². The standard InChI is InChI=1S/C37H32S4/c1-5-40(2,3)20-18-28-26-14-16-31-25-11-7-9-13-33(25)39-37(31)35(26)29(19-21-41(4)22-23-41)27-15-17-30-24-10-6-8-12-32(24)38-36(30)34(27)28/h6-17,30,36H,5,22-23H2,1-4H3. The average molecular weight is 605 g/mol. The van der Waals surface area contributed by atoms with E-state index in [1.54, 1.807) is 0 Å². The highest BCUT2D eigenvalue weighted by Crippen LogP contribution is 2.60. The van der Waals surface area contributed by atoms with Crippen molar-refractivity contribution < 1.29 is 0 Å². The second-order valence-corrected chi connectivity index (χ2v) is 21.6. The van der Waals surface area contributed by atoms with Crippen molar-refractivity contribution >= 4 is 80.2 Å². The Morgan fingerprint density at radius 3 is 2.51 bits per heavy atom. The van der Waals surface area contributed by atoms with Crippen LogP contribution in [0.5, 0.6) is 0 Å². The molecule has 0 nitrogen and oxygen atoms in total. The molecule has 4 aromatic carbocycles. The first kappa shape index (κ1) is 25.9. The van der Waals surface area contributed by atoms with E-state index < -0.39 is 20.1 Å². The van der Waals surface area contributed by atoms with Crippen LogP contribution in [-0.4, -0.2) is 36.0 Å². The molecule has 1 saturated heterocycles. The van der Waals surface area contributed by atoms with Gasteiger partial charge < -0.3 is 0 Å². The first-order valence-corrected chi connectivity index (χ1v) is 20.9. The third kappa shape index (κ3) is 4.18. The number of benzene rings is 4. The van der Waals surface area contributed by atoms with Crippen molar-refractivity contribution in [3.63, 3.8) is 0 Å². The highest BCUT2D eigenvalue weighted by atomic mass is 32.3. The highest BCUT2D eigenvalue weighted by Gasteiger charge is 2.39. The lowest BCUT2D eigenvalue weighted by molar-refractivity contribution is 0.817. The Hall–Kier alpha value is -2.73. The molecular formula is C37H32S4. The molecule has 0 bridgehead atoms. The lowest BCUT2D eigenvalue weighted by atomic mass is 9.79. The fraction of sp³-hybridized carbons (Fsp3) is 0.243. The summed E-state index contributed by atoms with van der Waals surface area (Å²) in [5.41, 5.74) is 6.63. The zero-order valence-corrected chi connectivity index (χ0v) is 27.1. The monoisotopic (exact) mass is 604 g/mol. The van der Waals surface area contributed by atoms with Crippen LogP contribution in [0.2, 0.25) is 0 Å². The van der Waals surface area contributed by atoms with Crippen LogP contribution in [0.15, 0.2) is 71.6 Å². The molecule has 4 heteroatoms. The van der Waals surface area contributed by atoms with Gasteiger partial charge in [0.25, 0.3) is 0 Å². The lowest BCUT2D eigenvalue weighted by Crippen LogP contribution is -2.11. The van der Waals surface area contributed by atoms with Crippen LogP contribution in [0.4, 0.5) is 0 Å². The molecule has 204 valence electrons. The molecule has 1 aromatic heterocycles. The predicted octanol–water partition coefficient (Wildman–Crippen LogP) is 10.3. The van der Waals surface area contributed by atoms with Crippen molar-refractivity contribution in [1.29, 1.82) is 0 Å². The molecule has 1 fully saturated rings. The third-order valence-corrected chi connectivity index (χ3v) is 15.9. The van der Waals surface area contributed by atoms with Gasteiger partial charge in [0.05, 0.1) is 0 Å². The van der Waals surface area contributed by atoms with Crippen molar-refractivity contribution in [2.75, 3.05) is 36.0 Å².